The van der Waals surface area contributed by atoms with Gasteiger partial charge in [0.15, 0.2) is 0 Å². The van der Waals surface area contributed by atoms with Crippen LogP contribution in [0.3, 0.4) is 0 Å². The van der Waals surface area contributed by atoms with E-state index < -0.39 is 10.3 Å². The number of rotatable bonds is 3. The first kappa shape index (κ1) is 12.6. The van der Waals surface area contributed by atoms with Crippen molar-refractivity contribution in [3.05, 3.63) is 62.9 Å². The zero-order valence-corrected chi connectivity index (χ0v) is 10.8. The minimum Gasteiger partial charge on any atom is -0.404 e. The predicted octanol–water partition coefficient (Wildman–Crippen LogP) is 4.13. The lowest BCUT2D eigenvalue weighted by Crippen LogP contribution is -1.93. The summed E-state index contributed by atoms with van der Waals surface area (Å²) in [6.45, 7) is 4.01. The van der Waals surface area contributed by atoms with Crippen LogP contribution in [0.1, 0.15) is 27.8 Å². The molecule has 0 aliphatic rings. The summed E-state index contributed by atoms with van der Waals surface area (Å²) >= 11 is 6.26. The van der Waals surface area contributed by atoms with Crippen molar-refractivity contribution in [1.82, 2.24) is 0 Å². The maximum absolute atomic E-state index is 10.5. The minimum atomic E-state index is -0.576. The molecule has 0 fully saturated rings. The second kappa shape index (κ2) is 4.82. The van der Waals surface area contributed by atoms with Crippen LogP contribution in [0.25, 0.3) is 0 Å². The SMILES string of the molecule is Cc1ccc(C(Cl)c2ccc([N+](=O)[O-])o2)cc1C. The Morgan fingerprint density at radius 2 is 1.94 bits per heavy atom. The number of nitrogens with zero attached hydrogens (tertiary/aromatic N) is 1. The van der Waals surface area contributed by atoms with E-state index in [1.54, 1.807) is 0 Å². The summed E-state index contributed by atoms with van der Waals surface area (Å²) in [5.74, 6) is 0.0890. The van der Waals surface area contributed by atoms with Gasteiger partial charge >= 0.3 is 5.88 Å². The van der Waals surface area contributed by atoms with E-state index in [1.165, 1.54) is 17.7 Å². The molecule has 5 heteroatoms. The molecular weight excluding hydrogens is 254 g/mol. The molecule has 2 rings (SSSR count). The number of hydrogen-bond acceptors (Lipinski definition) is 3. The summed E-state index contributed by atoms with van der Waals surface area (Å²) in [7, 11) is 0. The highest BCUT2D eigenvalue weighted by atomic mass is 35.5. The first-order valence-corrected chi connectivity index (χ1v) is 5.88. The topological polar surface area (TPSA) is 56.3 Å². The molecule has 94 valence electrons. The Morgan fingerprint density at radius 3 is 2.50 bits per heavy atom. The van der Waals surface area contributed by atoms with Gasteiger partial charge in [0.1, 0.15) is 16.1 Å². The van der Waals surface area contributed by atoms with Crippen LogP contribution in [0.2, 0.25) is 0 Å². The van der Waals surface area contributed by atoms with E-state index in [0.717, 1.165) is 11.1 Å². The maximum atomic E-state index is 10.5. The summed E-state index contributed by atoms with van der Waals surface area (Å²) < 4.78 is 5.10. The Labute approximate surface area is 109 Å². The highest BCUT2D eigenvalue weighted by Gasteiger charge is 2.19. The van der Waals surface area contributed by atoms with Crippen LogP contribution in [0.4, 0.5) is 5.88 Å². The van der Waals surface area contributed by atoms with E-state index in [4.69, 9.17) is 16.0 Å². The molecule has 1 aromatic heterocycles. The summed E-state index contributed by atoms with van der Waals surface area (Å²) in [6.07, 6.45) is 0. The monoisotopic (exact) mass is 265 g/mol. The van der Waals surface area contributed by atoms with E-state index in [1.807, 2.05) is 32.0 Å². The van der Waals surface area contributed by atoms with E-state index >= 15 is 0 Å². The van der Waals surface area contributed by atoms with Crippen molar-refractivity contribution < 1.29 is 9.34 Å². The molecule has 0 radical (unpaired) electrons. The van der Waals surface area contributed by atoms with Crippen molar-refractivity contribution in [3.8, 4) is 0 Å². The van der Waals surface area contributed by atoms with Crippen LogP contribution in [0.15, 0.2) is 34.7 Å². The van der Waals surface area contributed by atoms with Gasteiger partial charge in [0, 0.05) is 0 Å². The molecular formula is C13H12ClNO3. The molecule has 0 spiro atoms. The third-order valence-corrected chi connectivity index (χ3v) is 3.33. The second-order valence-electron chi connectivity index (χ2n) is 4.14. The number of benzene rings is 1. The maximum Gasteiger partial charge on any atom is 0.433 e. The van der Waals surface area contributed by atoms with E-state index in [0.29, 0.717) is 5.76 Å². The number of alkyl halides is 1. The van der Waals surface area contributed by atoms with Crippen LogP contribution < -0.4 is 0 Å². The highest BCUT2D eigenvalue weighted by molar-refractivity contribution is 6.22. The molecule has 1 unspecified atom stereocenters. The van der Waals surface area contributed by atoms with Gasteiger partial charge in [-0.15, -0.1) is 11.6 Å². The molecule has 0 saturated heterocycles. The molecule has 1 heterocycles. The normalized spacial score (nSPS) is 12.4. The Morgan fingerprint density at radius 1 is 1.22 bits per heavy atom. The fourth-order valence-corrected chi connectivity index (χ4v) is 1.92. The fraction of sp³-hybridized carbons (Fsp3) is 0.231. The van der Waals surface area contributed by atoms with E-state index in [9.17, 15) is 10.1 Å². The van der Waals surface area contributed by atoms with Gasteiger partial charge in [-0.1, -0.05) is 18.2 Å². The summed E-state index contributed by atoms with van der Waals surface area (Å²) in [5.41, 5.74) is 3.16. The standard InChI is InChI=1S/C13H12ClNO3/c1-8-3-4-10(7-9(8)2)13(14)11-5-6-12(18-11)15(16)17/h3-7,13H,1-2H3. The van der Waals surface area contributed by atoms with Gasteiger partial charge in [-0.05, 0) is 36.6 Å². The molecule has 2 aromatic rings. The van der Waals surface area contributed by atoms with Gasteiger partial charge in [-0.3, -0.25) is 10.1 Å². The summed E-state index contributed by atoms with van der Waals surface area (Å²) in [4.78, 5) is 9.96. The highest BCUT2D eigenvalue weighted by Crippen LogP contribution is 2.32. The largest absolute Gasteiger partial charge is 0.433 e. The quantitative estimate of drug-likeness (QED) is 0.476. The molecule has 1 atom stereocenters. The Hall–Kier alpha value is -1.81. The average molecular weight is 266 g/mol. The van der Waals surface area contributed by atoms with Crippen molar-refractivity contribution >= 4 is 17.5 Å². The number of nitro groups is 1. The van der Waals surface area contributed by atoms with Crippen molar-refractivity contribution in [3.63, 3.8) is 0 Å². The zero-order chi connectivity index (χ0) is 13.3. The second-order valence-corrected chi connectivity index (χ2v) is 4.58. The Balaban J connectivity index is 2.31. The number of hydrogen-bond donors (Lipinski definition) is 0. The molecule has 18 heavy (non-hydrogen) atoms. The Bertz CT molecular complexity index is 592. The molecule has 1 aromatic carbocycles. The minimum absolute atomic E-state index is 0.292. The van der Waals surface area contributed by atoms with Crippen molar-refractivity contribution in [2.24, 2.45) is 0 Å². The molecule has 0 aliphatic heterocycles. The van der Waals surface area contributed by atoms with Crippen molar-refractivity contribution in [1.29, 1.82) is 0 Å². The number of furan rings is 1. The third-order valence-electron chi connectivity index (χ3n) is 2.87. The molecule has 0 bridgehead atoms. The van der Waals surface area contributed by atoms with E-state index in [2.05, 4.69) is 0 Å². The smallest absolute Gasteiger partial charge is 0.404 e. The first-order chi connectivity index (χ1) is 8.49. The number of aryl methyl sites for hydroxylation is 2. The van der Waals surface area contributed by atoms with Crippen LogP contribution in [-0.4, -0.2) is 4.92 Å². The molecule has 4 nitrogen and oxygen atoms in total. The van der Waals surface area contributed by atoms with Crippen molar-refractivity contribution in [2.45, 2.75) is 19.2 Å². The molecule has 0 N–H and O–H groups in total. The summed E-state index contributed by atoms with van der Waals surface area (Å²) in [5, 5.41) is 10.0. The van der Waals surface area contributed by atoms with E-state index in [-0.39, 0.29) is 5.88 Å². The van der Waals surface area contributed by atoms with Crippen LogP contribution in [0.5, 0.6) is 0 Å². The molecule has 0 amide bonds. The van der Waals surface area contributed by atoms with Gasteiger partial charge in [0.2, 0.25) is 0 Å². The molecule has 0 saturated carbocycles. The van der Waals surface area contributed by atoms with Gasteiger partial charge in [-0.2, -0.15) is 0 Å². The lowest BCUT2D eigenvalue weighted by Gasteiger charge is -2.09. The number of halogens is 1. The molecule has 0 aliphatic carbocycles. The lowest BCUT2D eigenvalue weighted by atomic mass is 10.0. The van der Waals surface area contributed by atoms with Crippen LogP contribution >= 0.6 is 11.6 Å². The van der Waals surface area contributed by atoms with Gasteiger partial charge in [-0.25, -0.2) is 0 Å². The Kier molecular flexibility index (Phi) is 3.39. The summed E-state index contributed by atoms with van der Waals surface area (Å²) in [6, 6.07) is 8.67. The lowest BCUT2D eigenvalue weighted by molar-refractivity contribution is -0.402. The van der Waals surface area contributed by atoms with Gasteiger partial charge < -0.3 is 4.42 Å². The fourth-order valence-electron chi connectivity index (χ4n) is 1.66. The van der Waals surface area contributed by atoms with Crippen LogP contribution in [0, 0.1) is 24.0 Å². The third kappa shape index (κ3) is 2.38. The van der Waals surface area contributed by atoms with Gasteiger partial charge in [0.25, 0.3) is 0 Å². The average Bonchev–Trinajstić information content (AvgIpc) is 2.81. The van der Waals surface area contributed by atoms with Crippen molar-refractivity contribution in [2.75, 3.05) is 0 Å². The van der Waals surface area contributed by atoms with Crippen LogP contribution in [-0.2, 0) is 0 Å². The first-order valence-electron chi connectivity index (χ1n) is 5.44. The van der Waals surface area contributed by atoms with Gasteiger partial charge in [0.05, 0.1) is 6.07 Å². The zero-order valence-electron chi connectivity index (χ0n) is 10.0. The predicted molar refractivity (Wildman–Crippen MR) is 69.0 cm³/mol.